The summed E-state index contributed by atoms with van der Waals surface area (Å²) in [5.74, 6) is 0.891. The highest BCUT2D eigenvalue weighted by Gasteiger charge is 2.23. The average molecular weight is 412 g/mol. The highest BCUT2D eigenvalue weighted by molar-refractivity contribution is 6.04. The molecule has 0 radical (unpaired) electrons. The second-order valence-electron chi connectivity index (χ2n) is 8.07. The molecule has 0 spiro atoms. The second-order valence-corrected chi connectivity index (χ2v) is 8.07. The Balaban J connectivity index is 1.56. The Kier molecular flexibility index (Phi) is 5.20. The van der Waals surface area contributed by atoms with Gasteiger partial charge in [0.05, 0.1) is 11.6 Å². The summed E-state index contributed by atoms with van der Waals surface area (Å²) in [6.45, 7) is 2.84. The number of carbonyl (C=O) groups excluding carboxylic acids is 1. The molecule has 0 aliphatic carbocycles. The molecule has 1 aliphatic rings. The quantitative estimate of drug-likeness (QED) is 0.541. The number of rotatable bonds is 4. The van der Waals surface area contributed by atoms with Gasteiger partial charge in [-0.1, -0.05) is 36.8 Å². The number of nitrogens with one attached hydrogen (secondary N) is 1. The van der Waals surface area contributed by atoms with Crippen LogP contribution in [0.4, 0.5) is 0 Å². The highest BCUT2D eigenvalue weighted by Crippen LogP contribution is 2.26. The van der Waals surface area contributed by atoms with Gasteiger partial charge in [-0.2, -0.15) is 0 Å². The van der Waals surface area contributed by atoms with Crippen molar-refractivity contribution in [1.29, 1.82) is 0 Å². The third-order valence-corrected chi connectivity index (χ3v) is 5.89. The summed E-state index contributed by atoms with van der Waals surface area (Å²) in [5, 5.41) is 3.23. The van der Waals surface area contributed by atoms with E-state index in [1.807, 2.05) is 55.5 Å². The molecule has 1 unspecified atom stereocenters. The Morgan fingerprint density at radius 2 is 1.77 bits per heavy atom. The van der Waals surface area contributed by atoms with Crippen molar-refractivity contribution >= 4 is 17.1 Å². The summed E-state index contributed by atoms with van der Waals surface area (Å²) in [4.78, 5) is 27.3. The van der Waals surface area contributed by atoms with Gasteiger partial charge in [-0.3, -0.25) is 9.78 Å². The van der Waals surface area contributed by atoms with E-state index in [9.17, 15) is 4.79 Å². The predicted molar refractivity (Wildman–Crippen MR) is 120 cm³/mol. The maximum atomic E-state index is 13.5. The van der Waals surface area contributed by atoms with Crippen molar-refractivity contribution in [2.75, 3.05) is 0 Å². The summed E-state index contributed by atoms with van der Waals surface area (Å²) >= 11 is 0. The fraction of sp³-hybridized carbons (Fsp3) is 0.280. The topological polar surface area (TPSA) is 72.7 Å². The van der Waals surface area contributed by atoms with Crippen molar-refractivity contribution in [3.8, 4) is 0 Å². The molecule has 0 saturated carbocycles. The van der Waals surface area contributed by atoms with Crippen molar-refractivity contribution in [2.45, 2.75) is 45.2 Å². The molecule has 6 heteroatoms. The number of pyridine rings is 2. The van der Waals surface area contributed by atoms with Crippen LogP contribution in [0, 0.1) is 6.92 Å². The fourth-order valence-electron chi connectivity index (χ4n) is 4.36. The molecule has 0 bridgehead atoms. The normalized spacial score (nSPS) is 14.6. The van der Waals surface area contributed by atoms with Crippen LogP contribution in [0.3, 0.4) is 0 Å². The van der Waals surface area contributed by atoms with Crippen LogP contribution >= 0.6 is 0 Å². The molecule has 4 aromatic rings. The van der Waals surface area contributed by atoms with E-state index in [2.05, 4.69) is 14.9 Å². The number of fused-ring (bicyclic) bond motifs is 3. The molecule has 0 fully saturated rings. The minimum absolute atomic E-state index is 0.144. The van der Waals surface area contributed by atoms with Gasteiger partial charge in [0.2, 0.25) is 0 Å². The molecule has 1 N–H and O–H groups in total. The highest BCUT2D eigenvalue weighted by atomic mass is 16.1. The minimum atomic E-state index is -0.277. The van der Waals surface area contributed by atoms with Crippen LogP contribution in [0.2, 0.25) is 0 Å². The van der Waals surface area contributed by atoms with E-state index < -0.39 is 0 Å². The van der Waals surface area contributed by atoms with Gasteiger partial charge in [-0.15, -0.1) is 0 Å². The Bertz CT molecular complexity index is 1180. The van der Waals surface area contributed by atoms with E-state index in [1.54, 1.807) is 12.4 Å². The first-order valence-electron chi connectivity index (χ1n) is 10.8. The molecule has 1 aliphatic heterocycles. The molecule has 6 nitrogen and oxygen atoms in total. The number of nitrogens with zero attached hydrogens (tertiary/aromatic N) is 4. The van der Waals surface area contributed by atoms with Crippen LogP contribution in [0.1, 0.15) is 58.3 Å². The van der Waals surface area contributed by atoms with Gasteiger partial charge in [0, 0.05) is 31.1 Å². The number of aromatic nitrogens is 4. The van der Waals surface area contributed by atoms with E-state index in [-0.39, 0.29) is 11.9 Å². The van der Waals surface area contributed by atoms with Crippen LogP contribution in [0.15, 0.2) is 60.9 Å². The lowest BCUT2D eigenvalue weighted by Crippen LogP contribution is -2.29. The second kappa shape index (κ2) is 8.30. The zero-order chi connectivity index (χ0) is 21.2. The number of amides is 1. The van der Waals surface area contributed by atoms with Gasteiger partial charge in [0.1, 0.15) is 11.3 Å². The van der Waals surface area contributed by atoms with Gasteiger partial charge in [0.15, 0.2) is 5.65 Å². The molecule has 31 heavy (non-hydrogen) atoms. The number of imidazole rings is 1. The van der Waals surface area contributed by atoms with E-state index in [1.165, 1.54) is 6.42 Å². The standard InChI is InChI=1S/C25H25N5O/c1-17-16-20(23-24(27-17)30-15-7-3-6-10-21(30)28-23)25(31)29-22(18-8-4-2-5-9-18)19-11-13-26-14-12-19/h2,4-5,8-9,11-14,16,22H,3,6-7,10,15H2,1H3,(H,29,31). The van der Waals surface area contributed by atoms with Crippen molar-refractivity contribution in [2.24, 2.45) is 0 Å². The Labute approximate surface area is 181 Å². The monoisotopic (exact) mass is 411 g/mol. The van der Waals surface area contributed by atoms with E-state index in [0.29, 0.717) is 11.1 Å². The van der Waals surface area contributed by atoms with Crippen LogP contribution in [-0.4, -0.2) is 25.4 Å². The van der Waals surface area contributed by atoms with Crippen molar-refractivity contribution < 1.29 is 4.79 Å². The van der Waals surface area contributed by atoms with E-state index in [0.717, 1.165) is 54.1 Å². The molecular weight excluding hydrogens is 386 g/mol. The number of carbonyl (C=O) groups is 1. The lowest BCUT2D eigenvalue weighted by atomic mass is 9.99. The maximum absolute atomic E-state index is 13.5. The third-order valence-electron chi connectivity index (χ3n) is 5.89. The summed E-state index contributed by atoms with van der Waals surface area (Å²) in [6, 6.07) is 15.4. The molecule has 5 rings (SSSR count). The number of aryl methyl sites for hydroxylation is 3. The van der Waals surface area contributed by atoms with Crippen molar-refractivity contribution in [3.05, 3.63) is 89.1 Å². The fourth-order valence-corrected chi connectivity index (χ4v) is 4.36. The lowest BCUT2D eigenvalue weighted by Gasteiger charge is -2.20. The van der Waals surface area contributed by atoms with Crippen LogP contribution in [0.25, 0.3) is 11.2 Å². The average Bonchev–Trinajstić information content (AvgIpc) is 2.98. The third kappa shape index (κ3) is 3.81. The first-order chi connectivity index (χ1) is 15.2. The molecule has 1 atom stereocenters. The number of hydrogen-bond donors (Lipinski definition) is 1. The molecule has 1 aromatic carbocycles. The van der Waals surface area contributed by atoms with Crippen LogP contribution < -0.4 is 5.32 Å². The Hall–Kier alpha value is -3.54. The summed E-state index contributed by atoms with van der Waals surface area (Å²) in [5.41, 5.74) is 4.92. The lowest BCUT2D eigenvalue weighted by molar-refractivity contribution is 0.0944. The van der Waals surface area contributed by atoms with Gasteiger partial charge < -0.3 is 9.88 Å². The smallest absolute Gasteiger partial charge is 0.254 e. The van der Waals surface area contributed by atoms with Gasteiger partial charge in [-0.25, -0.2) is 9.97 Å². The summed E-state index contributed by atoms with van der Waals surface area (Å²) in [7, 11) is 0. The number of hydrogen-bond acceptors (Lipinski definition) is 4. The SMILES string of the molecule is Cc1cc(C(=O)NC(c2ccccc2)c2ccncc2)c2nc3n(c2n1)CCCCC3. The van der Waals surface area contributed by atoms with Crippen LogP contribution in [-0.2, 0) is 13.0 Å². The zero-order valence-electron chi connectivity index (χ0n) is 17.6. The molecule has 1 amide bonds. The van der Waals surface area contributed by atoms with Crippen LogP contribution in [0.5, 0.6) is 0 Å². The van der Waals surface area contributed by atoms with E-state index in [4.69, 9.17) is 9.97 Å². The van der Waals surface area contributed by atoms with Gasteiger partial charge in [-0.05, 0) is 49.1 Å². The van der Waals surface area contributed by atoms with Crippen molar-refractivity contribution in [3.63, 3.8) is 0 Å². The Morgan fingerprint density at radius 3 is 2.58 bits per heavy atom. The first-order valence-corrected chi connectivity index (χ1v) is 10.8. The van der Waals surface area contributed by atoms with Gasteiger partial charge >= 0.3 is 0 Å². The number of benzene rings is 1. The molecular formula is C25H25N5O. The molecule has 3 aromatic heterocycles. The maximum Gasteiger partial charge on any atom is 0.254 e. The summed E-state index contributed by atoms with van der Waals surface area (Å²) in [6.07, 6.45) is 7.88. The van der Waals surface area contributed by atoms with Crippen molar-refractivity contribution in [1.82, 2.24) is 24.8 Å². The molecule has 156 valence electrons. The van der Waals surface area contributed by atoms with Gasteiger partial charge in [0.25, 0.3) is 5.91 Å². The molecule has 4 heterocycles. The zero-order valence-corrected chi connectivity index (χ0v) is 17.6. The minimum Gasteiger partial charge on any atom is -0.341 e. The first kappa shape index (κ1) is 19.4. The van der Waals surface area contributed by atoms with E-state index >= 15 is 0 Å². The Morgan fingerprint density at radius 1 is 1.00 bits per heavy atom. The largest absolute Gasteiger partial charge is 0.341 e. The predicted octanol–water partition coefficient (Wildman–Crippen LogP) is 4.38. The molecule has 0 saturated heterocycles. The summed E-state index contributed by atoms with van der Waals surface area (Å²) < 4.78 is 2.20.